The van der Waals surface area contributed by atoms with Gasteiger partial charge in [-0.15, -0.1) is 0 Å². The van der Waals surface area contributed by atoms with Gasteiger partial charge in [-0.1, -0.05) is 17.7 Å². The molecule has 8 heteroatoms. The minimum Gasteiger partial charge on any atom is -0.451 e. The second kappa shape index (κ2) is 6.39. The summed E-state index contributed by atoms with van der Waals surface area (Å²) in [5.41, 5.74) is 1.10. The van der Waals surface area contributed by atoms with Gasteiger partial charge in [0.25, 0.3) is 10.0 Å². The Morgan fingerprint density at radius 2 is 2.10 bits per heavy atom. The average molecular weight is 394 g/mol. The van der Waals surface area contributed by atoms with Crippen LogP contribution in [0.2, 0.25) is 5.02 Å². The summed E-state index contributed by atoms with van der Waals surface area (Å²) in [6.07, 6.45) is 0. The predicted molar refractivity (Wildman–Crippen MR) is 86.2 cm³/mol. The molecule has 0 spiro atoms. The highest BCUT2D eigenvalue weighted by molar-refractivity contribution is 9.10. The zero-order valence-electron chi connectivity index (χ0n) is 11.4. The number of furan rings is 1. The first-order chi connectivity index (χ1) is 9.85. The van der Waals surface area contributed by atoms with Gasteiger partial charge >= 0.3 is 0 Å². The highest BCUT2D eigenvalue weighted by atomic mass is 79.9. The number of sulfonamides is 1. The number of benzene rings is 1. The van der Waals surface area contributed by atoms with E-state index in [1.54, 1.807) is 32.2 Å². The molecule has 0 saturated heterocycles. The summed E-state index contributed by atoms with van der Waals surface area (Å²) in [5, 5.41) is 3.39. The number of hydrogen-bond donors (Lipinski definition) is 2. The first-order valence-electron chi connectivity index (χ1n) is 6.06. The molecule has 0 unspecified atom stereocenters. The molecule has 0 radical (unpaired) electrons. The third-order valence-corrected chi connectivity index (χ3v) is 5.49. The summed E-state index contributed by atoms with van der Waals surface area (Å²) in [6, 6.07) is 6.52. The summed E-state index contributed by atoms with van der Waals surface area (Å²) in [4.78, 5) is 0.0483. The molecule has 0 saturated carbocycles. The van der Waals surface area contributed by atoms with Crippen LogP contribution in [-0.2, 0) is 16.6 Å². The molecule has 0 aliphatic carbocycles. The van der Waals surface area contributed by atoms with Crippen LogP contribution >= 0.6 is 27.5 Å². The number of hydrogen-bond acceptors (Lipinski definition) is 4. The molecular weight excluding hydrogens is 380 g/mol. The van der Waals surface area contributed by atoms with Crippen molar-refractivity contribution in [1.29, 1.82) is 0 Å². The topological polar surface area (TPSA) is 71.3 Å². The maximum atomic E-state index is 12.4. The molecule has 0 fully saturated rings. The minimum atomic E-state index is -3.76. The molecule has 1 aromatic carbocycles. The number of nitrogens with one attached hydrogen (secondary N) is 2. The van der Waals surface area contributed by atoms with Crippen molar-refractivity contribution >= 4 is 43.2 Å². The molecular formula is C13H14BrClN2O3S. The van der Waals surface area contributed by atoms with Crippen molar-refractivity contribution in [3.05, 3.63) is 45.3 Å². The summed E-state index contributed by atoms with van der Waals surface area (Å²) >= 11 is 9.12. The van der Waals surface area contributed by atoms with Gasteiger partial charge in [0.2, 0.25) is 0 Å². The van der Waals surface area contributed by atoms with E-state index in [1.807, 2.05) is 0 Å². The van der Waals surface area contributed by atoms with Crippen LogP contribution in [0, 0.1) is 6.92 Å². The largest absolute Gasteiger partial charge is 0.451 e. The lowest BCUT2D eigenvalue weighted by Crippen LogP contribution is -2.13. The van der Waals surface area contributed by atoms with Crippen molar-refractivity contribution in [3.63, 3.8) is 0 Å². The number of halogens is 2. The second-order valence-electron chi connectivity index (χ2n) is 4.40. The normalized spacial score (nSPS) is 11.6. The summed E-state index contributed by atoms with van der Waals surface area (Å²) in [6.45, 7) is 2.18. The van der Waals surface area contributed by atoms with Gasteiger partial charge in [0, 0.05) is 11.1 Å². The van der Waals surface area contributed by atoms with Crippen LogP contribution in [0.15, 0.2) is 38.2 Å². The van der Waals surface area contributed by atoms with Gasteiger partial charge < -0.3 is 9.73 Å². The molecule has 2 aromatic rings. The van der Waals surface area contributed by atoms with Crippen molar-refractivity contribution in [2.75, 3.05) is 11.8 Å². The van der Waals surface area contributed by atoms with E-state index in [0.29, 0.717) is 28.6 Å². The molecule has 2 N–H and O–H groups in total. The predicted octanol–water partition coefficient (Wildman–Crippen LogP) is 3.52. The highest BCUT2D eigenvalue weighted by Crippen LogP contribution is 2.30. The average Bonchev–Trinajstić information content (AvgIpc) is 2.77. The van der Waals surface area contributed by atoms with Crippen molar-refractivity contribution < 1.29 is 12.8 Å². The fourth-order valence-corrected chi connectivity index (χ4v) is 4.06. The fourth-order valence-electron chi connectivity index (χ4n) is 1.76. The molecule has 1 heterocycles. The van der Waals surface area contributed by atoms with Gasteiger partial charge in [0.1, 0.15) is 10.7 Å². The van der Waals surface area contributed by atoms with Crippen LogP contribution in [0.1, 0.15) is 11.3 Å². The van der Waals surface area contributed by atoms with E-state index in [4.69, 9.17) is 16.0 Å². The van der Waals surface area contributed by atoms with E-state index in [2.05, 4.69) is 26.0 Å². The molecule has 0 amide bonds. The van der Waals surface area contributed by atoms with Crippen LogP contribution < -0.4 is 10.0 Å². The molecule has 1 aromatic heterocycles. The molecule has 0 aliphatic heterocycles. The van der Waals surface area contributed by atoms with E-state index in [0.717, 1.165) is 0 Å². The Morgan fingerprint density at radius 1 is 1.38 bits per heavy atom. The highest BCUT2D eigenvalue weighted by Gasteiger charge is 2.23. The van der Waals surface area contributed by atoms with Crippen molar-refractivity contribution in [2.45, 2.75) is 18.4 Å². The third kappa shape index (κ3) is 3.60. The van der Waals surface area contributed by atoms with Gasteiger partial charge in [-0.05, 0) is 47.6 Å². The lowest BCUT2D eigenvalue weighted by Gasteiger charge is -2.10. The Balaban J connectivity index is 2.36. The Hall–Kier alpha value is -1.02. The Bertz CT molecular complexity index is 759. The quantitative estimate of drug-likeness (QED) is 0.815. The van der Waals surface area contributed by atoms with E-state index in [-0.39, 0.29) is 9.56 Å². The zero-order chi connectivity index (χ0) is 15.6. The molecule has 0 aliphatic rings. The first kappa shape index (κ1) is 16.4. The zero-order valence-corrected chi connectivity index (χ0v) is 14.6. The van der Waals surface area contributed by atoms with E-state index in [1.165, 1.54) is 6.07 Å². The standard InChI is InChI=1S/C13H14BrClN2O3S/c1-8-10(15)4-3-5-11(8)17-21(18,19)12-6-9(7-16-2)20-13(12)14/h3-6,16-17H,7H2,1-2H3. The van der Waals surface area contributed by atoms with Crippen LogP contribution in [0.5, 0.6) is 0 Å². The molecule has 2 rings (SSSR count). The second-order valence-corrected chi connectivity index (χ2v) is 7.18. The van der Waals surface area contributed by atoms with E-state index >= 15 is 0 Å². The minimum absolute atomic E-state index is 0.0483. The monoisotopic (exact) mass is 392 g/mol. The van der Waals surface area contributed by atoms with Crippen molar-refractivity contribution in [3.8, 4) is 0 Å². The van der Waals surface area contributed by atoms with Crippen LogP contribution in [0.4, 0.5) is 5.69 Å². The number of rotatable bonds is 5. The third-order valence-electron chi connectivity index (χ3n) is 2.86. The van der Waals surface area contributed by atoms with Crippen molar-refractivity contribution in [1.82, 2.24) is 5.32 Å². The molecule has 114 valence electrons. The van der Waals surface area contributed by atoms with Crippen LogP contribution in [0.3, 0.4) is 0 Å². The van der Waals surface area contributed by atoms with Crippen molar-refractivity contribution in [2.24, 2.45) is 0 Å². The van der Waals surface area contributed by atoms with Crippen LogP contribution in [0.25, 0.3) is 0 Å². The summed E-state index contributed by atoms with van der Waals surface area (Å²) in [5.74, 6) is 0.521. The van der Waals surface area contributed by atoms with Gasteiger partial charge in [0.05, 0.1) is 12.2 Å². The fraction of sp³-hybridized carbons (Fsp3) is 0.231. The first-order valence-corrected chi connectivity index (χ1v) is 8.71. The molecule has 0 atom stereocenters. The van der Waals surface area contributed by atoms with Crippen LogP contribution in [-0.4, -0.2) is 15.5 Å². The maximum absolute atomic E-state index is 12.4. The number of anilines is 1. The Kier molecular flexibility index (Phi) is 4.98. The molecule has 21 heavy (non-hydrogen) atoms. The maximum Gasteiger partial charge on any atom is 0.266 e. The summed E-state index contributed by atoms with van der Waals surface area (Å²) < 4.78 is 32.9. The lowest BCUT2D eigenvalue weighted by molar-refractivity contribution is 0.470. The van der Waals surface area contributed by atoms with E-state index < -0.39 is 10.0 Å². The van der Waals surface area contributed by atoms with Gasteiger partial charge in [-0.3, -0.25) is 4.72 Å². The van der Waals surface area contributed by atoms with Gasteiger partial charge in [-0.25, -0.2) is 8.42 Å². The Labute approximate surface area is 136 Å². The smallest absolute Gasteiger partial charge is 0.266 e. The van der Waals surface area contributed by atoms with Gasteiger partial charge in [0.15, 0.2) is 4.67 Å². The molecule has 0 bridgehead atoms. The summed E-state index contributed by atoms with van der Waals surface area (Å²) in [7, 11) is -2.01. The van der Waals surface area contributed by atoms with E-state index in [9.17, 15) is 8.42 Å². The van der Waals surface area contributed by atoms with Gasteiger partial charge in [-0.2, -0.15) is 0 Å². The SMILES string of the molecule is CNCc1cc(S(=O)(=O)Nc2cccc(Cl)c2C)c(Br)o1. The Morgan fingerprint density at radius 3 is 2.76 bits per heavy atom. The lowest BCUT2D eigenvalue weighted by atomic mass is 10.2. The molecule has 5 nitrogen and oxygen atoms in total.